The van der Waals surface area contributed by atoms with E-state index in [0.717, 1.165) is 0 Å². The molecule has 0 saturated carbocycles. The molecule has 0 spiro atoms. The zero-order valence-electron chi connectivity index (χ0n) is 11.6. The van der Waals surface area contributed by atoms with Crippen molar-refractivity contribution in [1.29, 1.82) is 0 Å². The van der Waals surface area contributed by atoms with Crippen molar-refractivity contribution in [3.05, 3.63) is 35.6 Å². The molecule has 1 aromatic rings. The third-order valence-electron chi connectivity index (χ3n) is 3.02. The van der Waals surface area contributed by atoms with E-state index in [0.29, 0.717) is 5.56 Å². The highest BCUT2D eigenvalue weighted by Crippen LogP contribution is 2.12. The second-order valence-electron chi connectivity index (χ2n) is 4.88. The van der Waals surface area contributed by atoms with Crippen molar-refractivity contribution >= 4 is 5.91 Å². The van der Waals surface area contributed by atoms with Gasteiger partial charge in [-0.25, -0.2) is 4.39 Å². The van der Waals surface area contributed by atoms with E-state index in [1.165, 1.54) is 24.3 Å². The van der Waals surface area contributed by atoms with Crippen LogP contribution in [0.4, 0.5) is 4.39 Å². The second-order valence-corrected chi connectivity index (χ2v) is 4.88. The van der Waals surface area contributed by atoms with Crippen LogP contribution in [0.3, 0.4) is 0 Å². The molecule has 1 amide bonds. The number of rotatable bonds is 6. The molecule has 5 heteroatoms. The molecule has 106 valence electrons. The average molecular weight is 268 g/mol. The van der Waals surface area contributed by atoms with Gasteiger partial charge >= 0.3 is 0 Å². The van der Waals surface area contributed by atoms with Gasteiger partial charge in [-0.05, 0) is 38.6 Å². The van der Waals surface area contributed by atoms with Gasteiger partial charge in [-0.3, -0.25) is 9.69 Å². The smallest absolute Gasteiger partial charge is 0.234 e. The van der Waals surface area contributed by atoms with Gasteiger partial charge in [0.1, 0.15) is 5.82 Å². The second kappa shape index (κ2) is 7.21. The molecule has 1 rings (SSSR count). The average Bonchev–Trinajstić information content (AvgIpc) is 2.36. The molecule has 0 aromatic heterocycles. The number of carbonyl (C=O) groups excluding carboxylic acids is 1. The lowest BCUT2D eigenvalue weighted by Gasteiger charge is -2.20. The Labute approximate surface area is 113 Å². The third kappa shape index (κ3) is 5.36. The van der Waals surface area contributed by atoms with Crippen LogP contribution in [0.5, 0.6) is 0 Å². The predicted octanol–water partition coefficient (Wildman–Crippen LogP) is 1.32. The van der Waals surface area contributed by atoms with Crippen molar-refractivity contribution in [2.24, 2.45) is 0 Å². The summed E-state index contributed by atoms with van der Waals surface area (Å²) >= 11 is 0. The maximum absolute atomic E-state index is 12.7. The van der Waals surface area contributed by atoms with Gasteiger partial charge in [0.15, 0.2) is 0 Å². The van der Waals surface area contributed by atoms with Gasteiger partial charge in [0.25, 0.3) is 0 Å². The van der Waals surface area contributed by atoms with Crippen molar-refractivity contribution in [3.63, 3.8) is 0 Å². The minimum absolute atomic E-state index is 0.121. The van der Waals surface area contributed by atoms with Gasteiger partial charge in [-0.2, -0.15) is 0 Å². The first kappa shape index (κ1) is 15.6. The number of aliphatic hydroxyl groups is 1. The summed E-state index contributed by atoms with van der Waals surface area (Å²) in [4.78, 5) is 13.5. The van der Waals surface area contributed by atoms with E-state index < -0.39 is 6.10 Å². The summed E-state index contributed by atoms with van der Waals surface area (Å²) in [6.07, 6.45) is -0.825. The van der Waals surface area contributed by atoms with Crippen LogP contribution in [-0.2, 0) is 4.79 Å². The molecule has 1 unspecified atom stereocenters. The molecular formula is C14H21FN2O2. The highest BCUT2D eigenvalue weighted by Gasteiger charge is 2.12. The van der Waals surface area contributed by atoms with Crippen molar-refractivity contribution in [2.45, 2.75) is 26.0 Å². The highest BCUT2D eigenvalue weighted by atomic mass is 19.1. The van der Waals surface area contributed by atoms with Crippen LogP contribution >= 0.6 is 0 Å². The molecule has 0 saturated heterocycles. The highest BCUT2D eigenvalue weighted by molar-refractivity contribution is 5.78. The molecular weight excluding hydrogens is 247 g/mol. The number of nitrogens with zero attached hydrogens (tertiary/aromatic N) is 1. The van der Waals surface area contributed by atoms with Crippen molar-refractivity contribution in [3.8, 4) is 0 Å². The lowest BCUT2D eigenvalue weighted by Crippen LogP contribution is -2.39. The molecule has 0 aliphatic carbocycles. The summed E-state index contributed by atoms with van der Waals surface area (Å²) in [6.45, 7) is 4.41. The standard InChI is InChI=1S/C14H21FN2O2/c1-10(2)17(3)9-14(19)16-8-13(18)11-4-6-12(15)7-5-11/h4-7,10,13,18H,8-9H2,1-3H3,(H,16,19). The zero-order valence-corrected chi connectivity index (χ0v) is 11.6. The number of amides is 1. The first-order chi connectivity index (χ1) is 8.90. The van der Waals surface area contributed by atoms with Crippen LogP contribution in [0, 0.1) is 5.82 Å². The molecule has 0 aliphatic rings. The zero-order chi connectivity index (χ0) is 14.4. The van der Waals surface area contributed by atoms with E-state index >= 15 is 0 Å². The molecule has 0 fully saturated rings. The summed E-state index contributed by atoms with van der Waals surface area (Å²) in [5.41, 5.74) is 0.582. The third-order valence-corrected chi connectivity index (χ3v) is 3.02. The molecule has 0 radical (unpaired) electrons. The van der Waals surface area contributed by atoms with Crippen LogP contribution in [0.1, 0.15) is 25.5 Å². The van der Waals surface area contributed by atoms with E-state index in [-0.39, 0.29) is 30.9 Å². The lowest BCUT2D eigenvalue weighted by atomic mass is 10.1. The van der Waals surface area contributed by atoms with Crippen LogP contribution in [0.2, 0.25) is 0 Å². The molecule has 2 N–H and O–H groups in total. The summed E-state index contributed by atoms with van der Waals surface area (Å²) in [5.74, 6) is -0.490. The SMILES string of the molecule is CC(C)N(C)CC(=O)NCC(O)c1ccc(F)cc1. The van der Waals surface area contributed by atoms with Gasteiger partial charge in [0.05, 0.1) is 12.6 Å². The minimum atomic E-state index is -0.825. The van der Waals surface area contributed by atoms with E-state index in [4.69, 9.17) is 0 Å². The van der Waals surface area contributed by atoms with Crippen molar-refractivity contribution in [2.75, 3.05) is 20.1 Å². The summed E-state index contributed by atoms with van der Waals surface area (Å²) in [5, 5.41) is 12.5. The number of carbonyl (C=O) groups is 1. The molecule has 0 heterocycles. The molecule has 19 heavy (non-hydrogen) atoms. The largest absolute Gasteiger partial charge is 0.387 e. The van der Waals surface area contributed by atoms with E-state index in [1.54, 1.807) is 0 Å². The summed E-state index contributed by atoms with van der Waals surface area (Å²) in [6, 6.07) is 5.87. The Hall–Kier alpha value is -1.46. The summed E-state index contributed by atoms with van der Waals surface area (Å²) < 4.78 is 12.7. The Morgan fingerprint density at radius 1 is 1.37 bits per heavy atom. The van der Waals surface area contributed by atoms with E-state index in [9.17, 15) is 14.3 Å². The minimum Gasteiger partial charge on any atom is -0.387 e. The predicted molar refractivity (Wildman–Crippen MR) is 72.1 cm³/mol. The molecule has 1 aromatic carbocycles. The Morgan fingerprint density at radius 2 is 1.95 bits per heavy atom. The fraction of sp³-hybridized carbons (Fsp3) is 0.500. The number of halogens is 1. The number of likely N-dealkylation sites (N-methyl/N-ethyl adjacent to an activating group) is 1. The number of benzene rings is 1. The quantitative estimate of drug-likeness (QED) is 0.818. The number of aliphatic hydroxyl groups excluding tert-OH is 1. The van der Waals surface area contributed by atoms with Gasteiger partial charge in [-0.1, -0.05) is 12.1 Å². The van der Waals surface area contributed by atoms with Crippen LogP contribution in [0.25, 0.3) is 0 Å². The first-order valence-electron chi connectivity index (χ1n) is 6.30. The molecule has 4 nitrogen and oxygen atoms in total. The van der Waals surface area contributed by atoms with E-state index in [2.05, 4.69) is 5.32 Å². The number of nitrogens with one attached hydrogen (secondary N) is 1. The van der Waals surface area contributed by atoms with Gasteiger partial charge in [-0.15, -0.1) is 0 Å². The van der Waals surface area contributed by atoms with Gasteiger partial charge in [0.2, 0.25) is 5.91 Å². The topological polar surface area (TPSA) is 52.6 Å². The normalized spacial score (nSPS) is 12.8. The van der Waals surface area contributed by atoms with Gasteiger partial charge < -0.3 is 10.4 Å². The van der Waals surface area contributed by atoms with Crippen molar-refractivity contribution in [1.82, 2.24) is 10.2 Å². The van der Waals surface area contributed by atoms with Crippen LogP contribution in [-0.4, -0.2) is 42.1 Å². The Morgan fingerprint density at radius 3 is 2.47 bits per heavy atom. The molecule has 1 atom stereocenters. The maximum atomic E-state index is 12.7. The summed E-state index contributed by atoms with van der Waals surface area (Å²) in [7, 11) is 1.86. The van der Waals surface area contributed by atoms with Crippen molar-refractivity contribution < 1.29 is 14.3 Å². The number of hydrogen-bond acceptors (Lipinski definition) is 3. The lowest BCUT2D eigenvalue weighted by molar-refractivity contribution is -0.122. The number of hydrogen-bond donors (Lipinski definition) is 2. The maximum Gasteiger partial charge on any atom is 0.234 e. The van der Waals surface area contributed by atoms with Crippen LogP contribution in [0.15, 0.2) is 24.3 Å². The molecule has 0 bridgehead atoms. The monoisotopic (exact) mass is 268 g/mol. The Balaban J connectivity index is 2.39. The Bertz CT molecular complexity index is 406. The van der Waals surface area contributed by atoms with E-state index in [1.807, 2.05) is 25.8 Å². The first-order valence-corrected chi connectivity index (χ1v) is 6.30. The van der Waals surface area contributed by atoms with Gasteiger partial charge in [0, 0.05) is 12.6 Å². The molecule has 0 aliphatic heterocycles. The van der Waals surface area contributed by atoms with Crippen LogP contribution < -0.4 is 5.32 Å². The fourth-order valence-corrected chi connectivity index (χ4v) is 1.48. The Kier molecular flexibility index (Phi) is 5.92. The fourth-order valence-electron chi connectivity index (χ4n) is 1.48.